The molecule has 2 aliphatic heterocycles. The van der Waals surface area contributed by atoms with Crippen LogP contribution in [0.3, 0.4) is 0 Å². The first-order chi connectivity index (χ1) is 10.8. The number of thioether (sulfide) groups is 1. The first-order valence-electron chi connectivity index (χ1n) is 7.03. The smallest absolute Gasteiger partial charge is 0.247 e. The van der Waals surface area contributed by atoms with Gasteiger partial charge in [-0.25, -0.2) is 8.42 Å². The zero-order chi connectivity index (χ0) is 16.8. The van der Waals surface area contributed by atoms with Gasteiger partial charge >= 0.3 is 0 Å². The van der Waals surface area contributed by atoms with Crippen molar-refractivity contribution in [2.75, 3.05) is 16.4 Å². The zero-order valence-corrected chi connectivity index (χ0v) is 15.3. The quantitative estimate of drug-likeness (QED) is 0.773. The number of anilines is 1. The van der Waals surface area contributed by atoms with E-state index in [0.717, 1.165) is 0 Å². The Morgan fingerprint density at radius 2 is 2.13 bits per heavy atom. The monoisotopic (exact) mass is 392 g/mol. The number of halogens is 2. The summed E-state index contributed by atoms with van der Waals surface area (Å²) in [7, 11) is -3.11. The maximum Gasteiger partial charge on any atom is 0.247 e. The molecule has 23 heavy (non-hydrogen) atoms. The molecule has 0 N–H and O–H groups in total. The molecular formula is C14H14Cl2N2O3S2. The lowest BCUT2D eigenvalue weighted by Gasteiger charge is -2.25. The Labute approximate surface area is 149 Å². The van der Waals surface area contributed by atoms with Gasteiger partial charge in [-0.05, 0) is 18.2 Å². The molecule has 0 radical (unpaired) electrons. The molecule has 0 unspecified atom stereocenters. The van der Waals surface area contributed by atoms with Crippen LogP contribution in [0.5, 0.6) is 0 Å². The fourth-order valence-corrected chi connectivity index (χ4v) is 7.00. The van der Waals surface area contributed by atoms with Gasteiger partial charge in [0.15, 0.2) is 15.0 Å². The van der Waals surface area contributed by atoms with Crippen molar-refractivity contribution in [1.29, 1.82) is 0 Å². The van der Waals surface area contributed by atoms with Crippen LogP contribution in [0.15, 0.2) is 23.2 Å². The van der Waals surface area contributed by atoms with Crippen LogP contribution in [0, 0.1) is 0 Å². The maximum atomic E-state index is 12.0. The van der Waals surface area contributed by atoms with E-state index in [1.165, 1.54) is 11.8 Å². The lowest BCUT2D eigenvalue weighted by atomic mass is 10.2. The largest absolute Gasteiger partial charge is 0.314 e. The first-order valence-corrected chi connectivity index (χ1v) is 10.5. The van der Waals surface area contributed by atoms with E-state index in [-0.39, 0.29) is 35.1 Å². The Bertz CT molecular complexity index is 795. The lowest BCUT2D eigenvalue weighted by molar-refractivity contribution is -0.117. The van der Waals surface area contributed by atoms with Crippen molar-refractivity contribution < 1.29 is 13.2 Å². The van der Waals surface area contributed by atoms with Gasteiger partial charge in [0.1, 0.15) is 0 Å². The summed E-state index contributed by atoms with van der Waals surface area (Å²) in [5, 5.41) is 1.26. The standard InChI is InChI=1S/C14H14Cl2N2O3S2/c1-2-13(19)17-14-18(10-5-8(15)3-4-9(10)16)11-6-23(20,21)7-12(11)22-14/h3-5,11-12H,2,6-7H2,1H3/t11-,12+/m0/s1. The molecule has 2 heterocycles. The molecule has 0 saturated carbocycles. The second-order valence-corrected chi connectivity index (χ2v) is 9.61. The summed E-state index contributed by atoms with van der Waals surface area (Å²) in [6, 6.07) is 4.70. The van der Waals surface area contributed by atoms with Crippen LogP contribution in [0.4, 0.5) is 5.69 Å². The normalized spacial score (nSPS) is 27.4. The summed E-state index contributed by atoms with van der Waals surface area (Å²) in [5.74, 6) is -0.151. The molecule has 124 valence electrons. The molecule has 0 bridgehead atoms. The molecule has 1 aromatic carbocycles. The van der Waals surface area contributed by atoms with Crippen LogP contribution in [0.25, 0.3) is 0 Å². The fraction of sp³-hybridized carbons (Fsp3) is 0.429. The summed E-state index contributed by atoms with van der Waals surface area (Å²) < 4.78 is 23.9. The van der Waals surface area contributed by atoms with E-state index in [1.54, 1.807) is 30.0 Å². The van der Waals surface area contributed by atoms with Gasteiger partial charge in [0.25, 0.3) is 0 Å². The zero-order valence-electron chi connectivity index (χ0n) is 12.2. The van der Waals surface area contributed by atoms with E-state index in [9.17, 15) is 13.2 Å². The molecular weight excluding hydrogens is 379 g/mol. The minimum absolute atomic E-state index is 0.0207. The summed E-state index contributed by atoms with van der Waals surface area (Å²) in [4.78, 5) is 17.6. The van der Waals surface area contributed by atoms with Crippen LogP contribution in [0.2, 0.25) is 10.0 Å². The van der Waals surface area contributed by atoms with Gasteiger partial charge in [-0.2, -0.15) is 4.99 Å². The number of carbonyl (C=O) groups excluding carboxylic acids is 1. The number of benzene rings is 1. The number of hydrogen-bond donors (Lipinski definition) is 0. The second-order valence-electron chi connectivity index (χ2n) is 5.41. The van der Waals surface area contributed by atoms with Crippen LogP contribution >= 0.6 is 35.0 Å². The Kier molecular flexibility index (Phi) is 4.66. The van der Waals surface area contributed by atoms with Crippen LogP contribution in [-0.2, 0) is 14.6 Å². The van der Waals surface area contributed by atoms with Crippen molar-refractivity contribution in [3.05, 3.63) is 28.2 Å². The average molecular weight is 393 g/mol. The third-order valence-electron chi connectivity index (χ3n) is 3.76. The van der Waals surface area contributed by atoms with Gasteiger partial charge in [0.2, 0.25) is 5.91 Å². The maximum absolute atomic E-state index is 12.0. The van der Waals surface area contributed by atoms with Crippen molar-refractivity contribution in [3.63, 3.8) is 0 Å². The number of carbonyl (C=O) groups is 1. The van der Waals surface area contributed by atoms with Gasteiger partial charge in [0, 0.05) is 16.7 Å². The van der Waals surface area contributed by atoms with Gasteiger partial charge in [-0.3, -0.25) is 4.79 Å². The molecule has 0 aliphatic carbocycles. The third-order valence-corrected chi connectivity index (χ3v) is 7.52. The lowest BCUT2D eigenvalue weighted by Crippen LogP contribution is -2.37. The third kappa shape index (κ3) is 3.38. The number of aliphatic imine (C=N–C) groups is 1. The number of hydrogen-bond acceptors (Lipinski definition) is 4. The van der Waals surface area contributed by atoms with E-state index >= 15 is 0 Å². The minimum atomic E-state index is -3.11. The SMILES string of the molecule is CCC(=O)N=C1S[C@@H]2CS(=O)(=O)C[C@@H]2N1c1cc(Cl)ccc1Cl. The Hall–Kier alpha value is -0.760. The van der Waals surface area contributed by atoms with Gasteiger partial charge in [0.05, 0.1) is 28.3 Å². The fourth-order valence-electron chi connectivity index (χ4n) is 2.70. The van der Waals surface area contributed by atoms with Crippen LogP contribution in [0.1, 0.15) is 13.3 Å². The Balaban J connectivity index is 2.08. The molecule has 5 nitrogen and oxygen atoms in total. The number of nitrogens with zero attached hydrogens (tertiary/aromatic N) is 2. The highest BCUT2D eigenvalue weighted by Crippen LogP contribution is 2.43. The van der Waals surface area contributed by atoms with Crippen molar-refractivity contribution >= 4 is 61.6 Å². The van der Waals surface area contributed by atoms with E-state index in [4.69, 9.17) is 23.2 Å². The van der Waals surface area contributed by atoms with E-state index < -0.39 is 9.84 Å². The number of fused-ring (bicyclic) bond motifs is 1. The first kappa shape index (κ1) is 17.1. The molecule has 2 atom stereocenters. The number of amidine groups is 1. The minimum Gasteiger partial charge on any atom is -0.314 e. The van der Waals surface area contributed by atoms with Gasteiger partial charge in [-0.1, -0.05) is 41.9 Å². The van der Waals surface area contributed by atoms with E-state index in [0.29, 0.717) is 20.9 Å². The van der Waals surface area contributed by atoms with Gasteiger partial charge < -0.3 is 4.90 Å². The highest BCUT2D eigenvalue weighted by Gasteiger charge is 2.49. The molecule has 2 fully saturated rings. The molecule has 1 aromatic rings. The van der Waals surface area contributed by atoms with Crippen molar-refractivity contribution in [2.24, 2.45) is 4.99 Å². The molecule has 0 aromatic heterocycles. The number of rotatable bonds is 2. The average Bonchev–Trinajstić information content (AvgIpc) is 2.92. The molecule has 0 spiro atoms. The highest BCUT2D eigenvalue weighted by molar-refractivity contribution is 8.16. The van der Waals surface area contributed by atoms with Gasteiger partial charge in [-0.15, -0.1) is 0 Å². The van der Waals surface area contributed by atoms with Crippen molar-refractivity contribution in [2.45, 2.75) is 24.6 Å². The summed E-state index contributed by atoms with van der Waals surface area (Å²) in [6.07, 6.45) is 0.287. The molecule has 2 aliphatic rings. The molecule has 1 amide bonds. The summed E-state index contributed by atoms with van der Waals surface area (Å²) in [5.41, 5.74) is 0.582. The van der Waals surface area contributed by atoms with Crippen molar-refractivity contribution in [3.8, 4) is 0 Å². The highest BCUT2D eigenvalue weighted by atomic mass is 35.5. The number of amides is 1. The second kappa shape index (κ2) is 6.27. The summed E-state index contributed by atoms with van der Waals surface area (Å²) in [6.45, 7) is 1.73. The number of sulfone groups is 1. The van der Waals surface area contributed by atoms with E-state index in [1.807, 2.05) is 0 Å². The van der Waals surface area contributed by atoms with E-state index in [2.05, 4.69) is 4.99 Å². The predicted molar refractivity (Wildman–Crippen MR) is 95.5 cm³/mol. The predicted octanol–water partition coefficient (Wildman–Crippen LogP) is 3.00. The van der Waals surface area contributed by atoms with Crippen LogP contribution < -0.4 is 4.90 Å². The molecule has 3 rings (SSSR count). The Morgan fingerprint density at radius 3 is 2.83 bits per heavy atom. The molecule has 2 saturated heterocycles. The molecule has 9 heteroatoms. The summed E-state index contributed by atoms with van der Waals surface area (Å²) >= 11 is 13.7. The van der Waals surface area contributed by atoms with Crippen molar-refractivity contribution in [1.82, 2.24) is 0 Å². The topological polar surface area (TPSA) is 66.8 Å². The van der Waals surface area contributed by atoms with Crippen LogP contribution in [-0.4, -0.2) is 42.3 Å². The Morgan fingerprint density at radius 1 is 1.39 bits per heavy atom.